The Morgan fingerprint density at radius 1 is 1.08 bits per heavy atom. The summed E-state index contributed by atoms with van der Waals surface area (Å²) in [6.45, 7) is 1.10. The number of hydrogen-bond acceptors (Lipinski definition) is 5. The fraction of sp³-hybridized carbons (Fsp3) is 0.353. The zero-order valence-corrected chi connectivity index (χ0v) is 14.3. The van der Waals surface area contributed by atoms with Gasteiger partial charge in [-0.15, -0.1) is 0 Å². The van der Waals surface area contributed by atoms with Crippen LogP contribution in [0.3, 0.4) is 0 Å². The van der Waals surface area contributed by atoms with Crippen molar-refractivity contribution in [1.82, 2.24) is 25.5 Å². The molecule has 0 atom stereocenters. The molecule has 0 aliphatic carbocycles. The average molecular weight is 357 g/mol. The first-order valence-electron chi connectivity index (χ1n) is 8.30. The molecular weight excluding hydrogens is 338 g/mol. The number of rotatable bonds is 2. The molecule has 0 radical (unpaired) electrons. The largest absolute Gasteiger partial charge is 0.334 e. The number of hydrogen-bond donors (Lipinski definition) is 2. The maximum atomic E-state index is 12.1. The second-order valence-corrected chi connectivity index (χ2v) is 6.10. The van der Waals surface area contributed by atoms with E-state index >= 15 is 0 Å². The molecule has 9 heteroatoms. The van der Waals surface area contributed by atoms with Gasteiger partial charge in [0.2, 0.25) is 5.91 Å². The molecule has 2 heterocycles. The molecule has 136 valence electrons. The Balaban J connectivity index is 1.66. The van der Waals surface area contributed by atoms with Crippen LogP contribution in [0.15, 0.2) is 29.1 Å². The highest BCUT2D eigenvalue weighted by Gasteiger charge is 2.24. The summed E-state index contributed by atoms with van der Waals surface area (Å²) in [5, 5.41) is 5.16. The first kappa shape index (κ1) is 17.6. The van der Waals surface area contributed by atoms with Crippen LogP contribution in [0.25, 0.3) is 10.8 Å². The minimum absolute atomic E-state index is 0.146. The van der Waals surface area contributed by atoms with Gasteiger partial charge in [0.15, 0.2) is 0 Å². The first-order valence-corrected chi connectivity index (χ1v) is 8.30. The quantitative estimate of drug-likeness (QED) is 0.542. The summed E-state index contributed by atoms with van der Waals surface area (Å²) in [7, 11) is 1.51. The lowest BCUT2D eigenvalue weighted by Gasteiger charge is -2.15. The Morgan fingerprint density at radius 3 is 2.42 bits per heavy atom. The zero-order chi connectivity index (χ0) is 18.7. The second-order valence-electron chi connectivity index (χ2n) is 6.10. The minimum atomic E-state index is -0.876. The van der Waals surface area contributed by atoms with E-state index in [0.29, 0.717) is 29.6 Å². The number of aromatic nitrogens is 2. The lowest BCUT2D eigenvalue weighted by atomic mass is 10.1. The first-order chi connectivity index (χ1) is 12.5. The molecule has 1 aromatic heterocycles. The Morgan fingerprint density at radius 2 is 1.73 bits per heavy atom. The molecule has 1 aliphatic rings. The van der Waals surface area contributed by atoms with Crippen molar-refractivity contribution < 1.29 is 14.4 Å². The van der Waals surface area contributed by atoms with E-state index in [1.54, 1.807) is 24.3 Å². The number of carbonyl (C=O) groups is 3. The van der Waals surface area contributed by atoms with Crippen molar-refractivity contribution in [2.75, 3.05) is 13.1 Å². The van der Waals surface area contributed by atoms with E-state index in [0.717, 1.165) is 12.8 Å². The fourth-order valence-corrected chi connectivity index (χ4v) is 2.95. The van der Waals surface area contributed by atoms with Gasteiger partial charge >= 0.3 is 11.8 Å². The minimum Gasteiger partial charge on any atom is -0.334 e. The fourth-order valence-electron chi connectivity index (χ4n) is 2.95. The lowest BCUT2D eigenvalue weighted by molar-refractivity contribution is -0.146. The standard InChI is InChI=1S/C17H19N5O4/c1-21-16(25)12-7-3-2-6-11(12)13(20-21)10-14(23)18-19-15(24)17(26)22-8-4-5-9-22/h2-3,6-7H,4-5,8-10H2,1H3,(H,18,23)(H,19,24). The third-order valence-corrected chi connectivity index (χ3v) is 4.26. The number of benzene rings is 1. The van der Waals surface area contributed by atoms with Gasteiger partial charge in [-0.1, -0.05) is 18.2 Å². The van der Waals surface area contributed by atoms with Gasteiger partial charge < -0.3 is 4.90 Å². The van der Waals surface area contributed by atoms with Crippen LogP contribution in [-0.4, -0.2) is 45.5 Å². The van der Waals surface area contributed by atoms with Gasteiger partial charge in [0.1, 0.15) is 0 Å². The predicted molar refractivity (Wildman–Crippen MR) is 92.8 cm³/mol. The molecule has 2 aromatic rings. The molecule has 26 heavy (non-hydrogen) atoms. The number of carbonyl (C=O) groups excluding carboxylic acids is 3. The monoisotopic (exact) mass is 357 g/mol. The van der Waals surface area contributed by atoms with Crippen molar-refractivity contribution >= 4 is 28.5 Å². The number of likely N-dealkylation sites (tertiary alicyclic amines) is 1. The van der Waals surface area contributed by atoms with Gasteiger partial charge in [-0.05, 0) is 18.9 Å². The van der Waals surface area contributed by atoms with Gasteiger partial charge in [-0.2, -0.15) is 5.10 Å². The SMILES string of the molecule is Cn1nc(CC(=O)NNC(=O)C(=O)N2CCCC2)c2ccccc2c1=O. The molecule has 1 saturated heterocycles. The summed E-state index contributed by atoms with van der Waals surface area (Å²) in [4.78, 5) is 49.4. The highest BCUT2D eigenvalue weighted by Crippen LogP contribution is 2.13. The number of fused-ring (bicyclic) bond motifs is 1. The van der Waals surface area contributed by atoms with Crippen molar-refractivity contribution in [2.45, 2.75) is 19.3 Å². The van der Waals surface area contributed by atoms with Gasteiger partial charge in [-0.3, -0.25) is 30.0 Å². The molecule has 2 N–H and O–H groups in total. The highest BCUT2D eigenvalue weighted by atomic mass is 16.2. The zero-order valence-electron chi connectivity index (χ0n) is 14.3. The highest BCUT2D eigenvalue weighted by molar-refractivity contribution is 6.35. The van der Waals surface area contributed by atoms with Crippen molar-refractivity contribution in [3.63, 3.8) is 0 Å². The number of amides is 3. The predicted octanol–water partition coefficient (Wildman–Crippen LogP) is -0.754. The second kappa shape index (κ2) is 7.34. The van der Waals surface area contributed by atoms with E-state index in [1.165, 1.54) is 16.6 Å². The van der Waals surface area contributed by atoms with E-state index in [9.17, 15) is 19.2 Å². The van der Waals surface area contributed by atoms with E-state index < -0.39 is 17.7 Å². The summed E-state index contributed by atoms with van der Waals surface area (Å²) >= 11 is 0. The van der Waals surface area contributed by atoms with E-state index in [4.69, 9.17) is 0 Å². The lowest BCUT2D eigenvalue weighted by Crippen LogP contribution is -2.49. The Labute approximate surface area is 148 Å². The molecule has 1 aromatic carbocycles. The molecule has 1 aliphatic heterocycles. The molecule has 1 fully saturated rings. The molecule has 0 bridgehead atoms. The molecular formula is C17H19N5O4. The van der Waals surface area contributed by atoms with Gasteiger partial charge in [0.25, 0.3) is 5.56 Å². The van der Waals surface area contributed by atoms with Gasteiger partial charge in [0, 0.05) is 25.5 Å². The van der Waals surface area contributed by atoms with Crippen molar-refractivity contribution in [1.29, 1.82) is 0 Å². The van der Waals surface area contributed by atoms with Crippen LogP contribution < -0.4 is 16.4 Å². The Bertz CT molecular complexity index is 930. The van der Waals surface area contributed by atoms with Crippen LogP contribution in [0.1, 0.15) is 18.5 Å². The third kappa shape index (κ3) is 3.56. The van der Waals surface area contributed by atoms with Gasteiger partial charge in [0.05, 0.1) is 17.5 Å². The number of aryl methyl sites for hydroxylation is 1. The smallest absolute Gasteiger partial charge is 0.327 e. The van der Waals surface area contributed by atoms with Crippen molar-refractivity contribution in [3.05, 3.63) is 40.3 Å². The van der Waals surface area contributed by atoms with Crippen LogP contribution in [0.5, 0.6) is 0 Å². The maximum Gasteiger partial charge on any atom is 0.327 e. The van der Waals surface area contributed by atoms with Crippen LogP contribution >= 0.6 is 0 Å². The van der Waals surface area contributed by atoms with Crippen LogP contribution in [0, 0.1) is 0 Å². The number of nitrogens with one attached hydrogen (secondary N) is 2. The third-order valence-electron chi connectivity index (χ3n) is 4.26. The van der Waals surface area contributed by atoms with E-state index in [-0.39, 0.29) is 12.0 Å². The topological polar surface area (TPSA) is 113 Å². The van der Waals surface area contributed by atoms with E-state index in [1.807, 2.05) is 0 Å². The van der Waals surface area contributed by atoms with Crippen molar-refractivity contribution in [2.24, 2.45) is 7.05 Å². The van der Waals surface area contributed by atoms with Gasteiger partial charge in [-0.25, -0.2) is 4.68 Å². The summed E-state index contributed by atoms with van der Waals surface area (Å²) < 4.78 is 1.17. The average Bonchev–Trinajstić information content (AvgIpc) is 3.18. The number of nitrogens with zero attached hydrogens (tertiary/aromatic N) is 3. The Hall–Kier alpha value is -3.23. The molecule has 0 unspecified atom stereocenters. The summed E-state index contributed by atoms with van der Waals surface area (Å²) in [6.07, 6.45) is 1.60. The van der Waals surface area contributed by atoms with Crippen molar-refractivity contribution in [3.8, 4) is 0 Å². The molecule has 3 rings (SSSR count). The van der Waals surface area contributed by atoms with Crippen LogP contribution in [0.2, 0.25) is 0 Å². The summed E-state index contributed by atoms with van der Waals surface area (Å²) in [5.41, 5.74) is 4.50. The summed E-state index contributed by atoms with van der Waals surface area (Å²) in [6, 6.07) is 6.86. The molecule has 0 spiro atoms. The normalized spacial score (nSPS) is 13.7. The number of hydrazine groups is 1. The molecule has 9 nitrogen and oxygen atoms in total. The molecule has 0 saturated carbocycles. The summed E-state index contributed by atoms with van der Waals surface area (Å²) in [5.74, 6) is -2.07. The maximum absolute atomic E-state index is 12.1. The molecule has 3 amide bonds. The van der Waals surface area contributed by atoms with E-state index in [2.05, 4.69) is 16.0 Å². The van der Waals surface area contributed by atoms with Crippen LogP contribution in [0.4, 0.5) is 0 Å². The Kier molecular flexibility index (Phi) is 4.97. The van der Waals surface area contributed by atoms with Crippen LogP contribution in [-0.2, 0) is 27.9 Å².